The SMILES string of the molecule is C=C(CC(C)CC(C)CC)NN. The van der Waals surface area contributed by atoms with Gasteiger partial charge in [0.15, 0.2) is 0 Å². The zero-order valence-corrected chi connectivity index (χ0v) is 8.56. The van der Waals surface area contributed by atoms with Crippen LogP contribution in [0.2, 0.25) is 0 Å². The van der Waals surface area contributed by atoms with E-state index in [-0.39, 0.29) is 0 Å². The zero-order valence-electron chi connectivity index (χ0n) is 8.56. The molecule has 2 unspecified atom stereocenters. The van der Waals surface area contributed by atoms with Gasteiger partial charge < -0.3 is 5.43 Å². The van der Waals surface area contributed by atoms with Crippen molar-refractivity contribution in [2.75, 3.05) is 0 Å². The molecule has 0 bridgehead atoms. The largest absolute Gasteiger partial charge is 0.329 e. The van der Waals surface area contributed by atoms with E-state index in [1.165, 1.54) is 12.8 Å². The van der Waals surface area contributed by atoms with Crippen LogP contribution in [-0.4, -0.2) is 0 Å². The summed E-state index contributed by atoms with van der Waals surface area (Å²) in [6.07, 6.45) is 3.50. The van der Waals surface area contributed by atoms with E-state index in [2.05, 4.69) is 32.8 Å². The fraction of sp³-hybridized carbons (Fsp3) is 0.800. The second kappa shape index (κ2) is 6.06. The summed E-state index contributed by atoms with van der Waals surface area (Å²) in [4.78, 5) is 0. The highest BCUT2D eigenvalue weighted by atomic mass is 15.2. The molecule has 3 N–H and O–H groups in total. The molecule has 0 rings (SSSR count). The van der Waals surface area contributed by atoms with Gasteiger partial charge >= 0.3 is 0 Å². The minimum Gasteiger partial charge on any atom is -0.329 e. The molecule has 0 saturated heterocycles. The van der Waals surface area contributed by atoms with Gasteiger partial charge in [-0.3, -0.25) is 5.84 Å². The van der Waals surface area contributed by atoms with Gasteiger partial charge in [0, 0.05) is 5.70 Å². The molecule has 0 aliphatic rings. The van der Waals surface area contributed by atoms with Crippen LogP contribution in [0.4, 0.5) is 0 Å². The molecule has 0 fully saturated rings. The molecule has 2 nitrogen and oxygen atoms in total. The highest BCUT2D eigenvalue weighted by Gasteiger charge is 2.07. The first-order valence-corrected chi connectivity index (χ1v) is 4.74. The van der Waals surface area contributed by atoms with E-state index < -0.39 is 0 Å². The van der Waals surface area contributed by atoms with Crippen LogP contribution in [0.1, 0.15) is 40.0 Å². The molecule has 0 aromatic heterocycles. The highest BCUT2D eigenvalue weighted by molar-refractivity contribution is 4.89. The molecule has 2 heteroatoms. The summed E-state index contributed by atoms with van der Waals surface area (Å²) in [7, 11) is 0. The number of hydrogen-bond donors (Lipinski definition) is 2. The third-order valence-corrected chi connectivity index (χ3v) is 2.30. The summed E-state index contributed by atoms with van der Waals surface area (Å²) in [6, 6.07) is 0. The lowest BCUT2D eigenvalue weighted by molar-refractivity contribution is 0.398. The van der Waals surface area contributed by atoms with Gasteiger partial charge in [-0.2, -0.15) is 0 Å². The zero-order chi connectivity index (χ0) is 9.56. The van der Waals surface area contributed by atoms with Crippen molar-refractivity contribution >= 4 is 0 Å². The normalized spacial score (nSPS) is 15.3. The third-order valence-electron chi connectivity index (χ3n) is 2.30. The number of rotatable bonds is 6. The molecule has 2 atom stereocenters. The minimum absolute atomic E-state index is 0.684. The second-order valence-corrected chi connectivity index (χ2v) is 3.81. The van der Waals surface area contributed by atoms with Crippen LogP contribution in [0.3, 0.4) is 0 Å². The molecular weight excluding hydrogens is 148 g/mol. The van der Waals surface area contributed by atoms with Crippen molar-refractivity contribution in [1.82, 2.24) is 5.43 Å². The summed E-state index contributed by atoms with van der Waals surface area (Å²) in [5, 5.41) is 0. The summed E-state index contributed by atoms with van der Waals surface area (Å²) in [5.41, 5.74) is 3.53. The maximum absolute atomic E-state index is 5.23. The van der Waals surface area contributed by atoms with E-state index in [4.69, 9.17) is 5.84 Å². The molecule has 0 amide bonds. The first-order valence-electron chi connectivity index (χ1n) is 4.74. The second-order valence-electron chi connectivity index (χ2n) is 3.81. The maximum atomic E-state index is 5.23. The van der Waals surface area contributed by atoms with Crippen LogP contribution in [0.15, 0.2) is 12.3 Å². The first kappa shape index (κ1) is 11.5. The van der Waals surface area contributed by atoms with E-state index in [1.54, 1.807) is 0 Å². The Bertz CT molecular complexity index is 132. The maximum Gasteiger partial charge on any atom is 0.0190 e. The van der Waals surface area contributed by atoms with Gasteiger partial charge in [0.05, 0.1) is 0 Å². The fourth-order valence-electron chi connectivity index (χ4n) is 1.42. The molecule has 0 radical (unpaired) electrons. The average Bonchev–Trinajstić information content (AvgIpc) is 2.03. The molecule has 0 aromatic rings. The molecule has 12 heavy (non-hydrogen) atoms. The van der Waals surface area contributed by atoms with Gasteiger partial charge in [0.25, 0.3) is 0 Å². The van der Waals surface area contributed by atoms with Crippen molar-refractivity contribution in [3.63, 3.8) is 0 Å². The van der Waals surface area contributed by atoms with Crippen molar-refractivity contribution in [3.8, 4) is 0 Å². The van der Waals surface area contributed by atoms with Crippen LogP contribution in [0.25, 0.3) is 0 Å². The third kappa shape index (κ3) is 5.19. The Kier molecular flexibility index (Phi) is 5.81. The summed E-state index contributed by atoms with van der Waals surface area (Å²) < 4.78 is 0. The lowest BCUT2D eigenvalue weighted by Gasteiger charge is -2.16. The number of nitrogens with two attached hydrogens (primary N) is 1. The van der Waals surface area contributed by atoms with E-state index in [1.807, 2.05) is 0 Å². The van der Waals surface area contributed by atoms with Crippen molar-refractivity contribution in [2.45, 2.75) is 40.0 Å². The molecule has 0 spiro atoms. The molecule has 0 saturated carbocycles. The van der Waals surface area contributed by atoms with E-state index >= 15 is 0 Å². The van der Waals surface area contributed by atoms with Crippen molar-refractivity contribution < 1.29 is 0 Å². The Morgan fingerprint density at radius 1 is 1.42 bits per heavy atom. The van der Waals surface area contributed by atoms with Gasteiger partial charge in [0.1, 0.15) is 0 Å². The Labute approximate surface area is 76.2 Å². The average molecular weight is 170 g/mol. The monoisotopic (exact) mass is 170 g/mol. The van der Waals surface area contributed by atoms with Gasteiger partial charge in [0.2, 0.25) is 0 Å². The van der Waals surface area contributed by atoms with Gasteiger partial charge in [-0.05, 0) is 24.7 Å². The van der Waals surface area contributed by atoms with Gasteiger partial charge in [-0.1, -0.05) is 33.8 Å². The van der Waals surface area contributed by atoms with Crippen LogP contribution >= 0.6 is 0 Å². The Morgan fingerprint density at radius 2 is 2.00 bits per heavy atom. The van der Waals surface area contributed by atoms with Gasteiger partial charge in [-0.15, -0.1) is 0 Å². The predicted octanol–water partition coefficient (Wildman–Crippen LogP) is 2.43. The van der Waals surface area contributed by atoms with Gasteiger partial charge in [-0.25, -0.2) is 0 Å². The standard InChI is InChI=1S/C10H22N2/c1-5-8(2)6-9(3)7-10(4)12-11/h8-9,12H,4-7,11H2,1-3H3. The Balaban J connectivity index is 3.58. The van der Waals surface area contributed by atoms with Crippen LogP contribution in [0.5, 0.6) is 0 Å². The number of nitrogens with one attached hydrogen (secondary N) is 1. The molecule has 72 valence electrons. The smallest absolute Gasteiger partial charge is 0.0190 e. The van der Waals surface area contributed by atoms with Crippen LogP contribution < -0.4 is 11.3 Å². The van der Waals surface area contributed by atoms with E-state index in [0.717, 1.165) is 18.0 Å². The quantitative estimate of drug-likeness (QED) is 0.474. The summed E-state index contributed by atoms with van der Waals surface area (Å²) in [5.74, 6) is 6.73. The molecule has 0 aliphatic carbocycles. The summed E-state index contributed by atoms with van der Waals surface area (Å²) >= 11 is 0. The first-order chi connectivity index (χ1) is 5.60. The van der Waals surface area contributed by atoms with Crippen LogP contribution in [0, 0.1) is 11.8 Å². The Hall–Kier alpha value is -0.500. The van der Waals surface area contributed by atoms with Crippen molar-refractivity contribution in [1.29, 1.82) is 0 Å². The lowest BCUT2D eigenvalue weighted by atomic mass is 9.92. The molecule has 0 aromatic carbocycles. The molecule has 0 heterocycles. The van der Waals surface area contributed by atoms with E-state index in [0.29, 0.717) is 5.92 Å². The lowest BCUT2D eigenvalue weighted by Crippen LogP contribution is -2.21. The van der Waals surface area contributed by atoms with Crippen molar-refractivity contribution in [2.24, 2.45) is 17.7 Å². The minimum atomic E-state index is 0.684. The molecular formula is C10H22N2. The topological polar surface area (TPSA) is 38.0 Å². The van der Waals surface area contributed by atoms with Crippen LogP contribution in [-0.2, 0) is 0 Å². The number of hydrogen-bond acceptors (Lipinski definition) is 2. The molecule has 0 aliphatic heterocycles. The fourth-order valence-corrected chi connectivity index (χ4v) is 1.42. The number of hydrazine groups is 1. The van der Waals surface area contributed by atoms with Crippen molar-refractivity contribution in [3.05, 3.63) is 12.3 Å². The summed E-state index contributed by atoms with van der Waals surface area (Å²) in [6.45, 7) is 10.6. The highest BCUT2D eigenvalue weighted by Crippen LogP contribution is 2.19. The predicted molar refractivity (Wildman–Crippen MR) is 54.3 cm³/mol. The van der Waals surface area contributed by atoms with E-state index in [9.17, 15) is 0 Å². The Morgan fingerprint density at radius 3 is 2.42 bits per heavy atom. The number of allylic oxidation sites excluding steroid dienone is 1.